The Morgan fingerprint density at radius 3 is 2.93 bits per heavy atom. The van der Waals surface area contributed by atoms with E-state index in [2.05, 4.69) is 10.2 Å². The molecule has 0 heterocycles. The fourth-order valence-corrected chi connectivity index (χ4v) is 1.09. The number of nitrogens with two attached hydrogens (primary N) is 1. The molecule has 4 nitrogen and oxygen atoms in total. The van der Waals surface area contributed by atoms with Crippen molar-refractivity contribution in [1.82, 2.24) is 0 Å². The molecule has 80 valence electrons. The van der Waals surface area contributed by atoms with Gasteiger partial charge in [-0.3, -0.25) is 0 Å². The average molecular weight is 223 g/mol. The van der Waals surface area contributed by atoms with E-state index in [-0.39, 0.29) is 5.75 Å². The van der Waals surface area contributed by atoms with Gasteiger partial charge in [0.1, 0.15) is 5.75 Å². The molecule has 0 unspecified atom stereocenters. The van der Waals surface area contributed by atoms with Crippen LogP contribution in [0, 0.1) is 6.92 Å². The van der Waals surface area contributed by atoms with E-state index in [9.17, 15) is 5.11 Å². The van der Waals surface area contributed by atoms with E-state index in [0.29, 0.717) is 10.7 Å². The maximum Gasteiger partial charge on any atom is 0.180 e. The molecule has 0 aromatic heterocycles. The minimum atomic E-state index is 0.183. The molecule has 0 saturated heterocycles. The quantitative estimate of drug-likeness (QED) is 0.455. The lowest BCUT2D eigenvalue weighted by molar-refractivity contribution is 0.474. The number of phenolic OH excluding ortho intramolecular Hbond substituents is 1. The first-order valence-electron chi connectivity index (χ1n) is 4.33. The van der Waals surface area contributed by atoms with Crippen LogP contribution >= 0.6 is 11.8 Å². The van der Waals surface area contributed by atoms with Gasteiger partial charge in [0.15, 0.2) is 5.17 Å². The summed E-state index contributed by atoms with van der Waals surface area (Å²) in [5.74, 6) is 0.183. The number of nitrogens with zero attached hydrogens (tertiary/aromatic N) is 2. The lowest BCUT2D eigenvalue weighted by Crippen LogP contribution is -2.03. The molecule has 3 N–H and O–H groups in total. The lowest BCUT2D eigenvalue weighted by Gasteiger charge is -1.98. The van der Waals surface area contributed by atoms with Gasteiger partial charge in [0, 0.05) is 5.56 Å². The molecule has 0 radical (unpaired) electrons. The van der Waals surface area contributed by atoms with Gasteiger partial charge in [-0.2, -0.15) is 5.10 Å². The van der Waals surface area contributed by atoms with Crippen LogP contribution in [-0.2, 0) is 0 Å². The van der Waals surface area contributed by atoms with E-state index in [1.165, 1.54) is 18.0 Å². The molecule has 0 aliphatic heterocycles. The number of benzene rings is 1. The average Bonchev–Trinajstić information content (AvgIpc) is 2.23. The van der Waals surface area contributed by atoms with Gasteiger partial charge in [-0.1, -0.05) is 23.4 Å². The number of hydrogen-bond donors (Lipinski definition) is 2. The molecule has 0 spiro atoms. The maximum atomic E-state index is 9.48. The van der Waals surface area contributed by atoms with E-state index in [1.807, 2.05) is 25.3 Å². The predicted molar refractivity (Wildman–Crippen MR) is 65.6 cm³/mol. The van der Waals surface area contributed by atoms with Gasteiger partial charge in [0.25, 0.3) is 0 Å². The highest BCUT2D eigenvalue weighted by molar-refractivity contribution is 8.13. The zero-order chi connectivity index (χ0) is 11.3. The third kappa shape index (κ3) is 3.63. The molecule has 5 heteroatoms. The fraction of sp³-hybridized carbons (Fsp3) is 0.200. The molecule has 0 bridgehead atoms. The molecule has 0 aliphatic rings. The molecule has 0 aliphatic carbocycles. The minimum Gasteiger partial charge on any atom is -0.507 e. The van der Waals surface area contributed by atoms with Crippen molar-refractivity contribution < 1.29 is 5.11 Å². The Morgan fingerprint density at radius 1 is 1.53 bits per heavy atom. The highest BCUT2D eigenvalue weighted by Crippen LogP contribution is 2.15. The zero-order valence-electron chi connectivity index (χ0n) is 8.64. The van der Waals surface area contributed by atoms with Crippen molar-refractivity contribution in [3.63, 3.8) is 0 Å². The summed E-state index contributed by atoms with van der Waals surface area (Å²) in [6.45, 7) is 1.94. The SMILES string of the molecule is CSC(N)=N/N=C/c1cc(C)ccc1O. The summed E-state index contributed by atoms with van der Waals surface area (Å²) in [6.07, 6.45) is 3.30. The van der Waals surface area contributed by atoms with Crippen LogP contribution in [0.3, 0.4) is 0 Å². The van der Waals surface area contributed by atoms with Crippen LogP contribution < -0.4 is 5.73 Å². The van der Waals surface area contributed by atoms with Crippen molar-refractivity contribution in [1.29, 1.82) is 0 Å². The van der Waals surface area contributed by atoms with Gasteiger partial charge in [-0.05, 0) is 25.3 Å². The predicted octanol–water partition coefficient (Wildman–Crippen LogP) is 1.71. The number of aromatic hydroxyl groups is 1. The summed E-state index contributed by atoms with van der Waals surface area (Å²) in [5, 5.41) is 17.4. The van der Waals surface area contributed by atoms with Crippen molar-refractivity contribution in [3.05, 3.63) is 29.3 Å². The van der Waals surface area contributed by atoms with Crippen LogP contribution in [0.2, 0.25) is 0 Å². The lowest BCUT2D eigenvalue weighted by atomic mass is 10.1. The molecule has 0 fully saturated rings. The minimum absolute atomic E-state index is 0.183. The Kier molecular flexibility index (Phi) is 4.17. The topological polar surface area (TPSA) is 71.0 Å². The summed E-state index contributed by atoms with van der Waals surface area (Å²) in [7, 11) is 0. The van der Waals surface area contributed by atoms with E-state index >= 15 is 0 Å². The van der Waals surface area contributed by atoms with Gasteiger partial charge in [-0.25, -0.2) is 0 Å². The van der Waals surface area contributed by atoms with Crippen LogP contribution in [0.5, 0.6) is 5.75 Å². The normalized spacial score (nSPS) is 12.3. The Balaban J connectivity index is 2.84. The molecular formula is C10H13N3OS. The number of rotatable bonds is 2. The van der Waals surface area contributed by atoms with Gasteiger partial charge >= 0.3 is 0 Å². The highest BCUT2D eigenvalue weighted by Gasteiger charge is 1.97. The molecule has 1 aromatic carbocycles. The van der Waals surface area contributed by atoms with Crippen molar-refractivity contribution in [2.24, 2.45) is 15.9 Å². The monoisotopic (exact) mass is 223 g/mol. The summed E-state index contributed by atoms with van der Waals surface area (Å²) in [4.78, 5) is 0. The second-order valence-corrected chi connectivity index (χ2v) is 3.78. The molecule has 0 saturated carbocycles. The molecule has 15 heavy (non-hydrogen) atoms. The fourth-order valence-electron chi connectivity index (χ4n) is 0.966. The van der Waals surface area contributed by atoms with E-state index in [4.69, 9.17) is 5.73 Å². The largest absolute Gasteiger partial charge is 0.507 e. The Labute approximate surface area is 92.9 Å². The number of amidine groups is 1. The second-order valence-electron chi connectivity index (χ2n) is 2.95. The summed E-state index contributed by atoms with van der Waals surface area (Å²) in [6, 6.07) is 5.27. The molecule has 1 rings (SSSR count). The summed E-state index contributed by atoms with van der Waals surface area (Å²) >= 11 is 1.32. The molecule has 0 amide bonds. The van der Waals surface area contributed by atoms with Crippen LogP contribution in [0.4, 0.5) is 0 Å². The summed E-state index contributed by atoms with van der Waals surface area (Å²) < 4.78 is 0. The number of hydrogen-bond acceptors (Lipinski definition) is 4. The van der Waals surface area contributed by atoms with Crippen molar-refractivity contribution in [2.45, 2.75) is 6.92 Å². The van der Waals surface area contributed by atoms with Gasteiger partial charge in [-0.15, -0.1) is 5.10 Å². The van der Waals surface area contributed by atoms with E-state index < -0.39 is 0 Å². The van der Waals surface area contributed by atoms with Gasteiger partial charge in [0.2, 0.25) is 0 Å². The van der Waals surface area contributed by atoms with Crippen molar-refractivity contribution >= 4 is 23.1 Å². The molecule has 0 atom stereocenters. The van der Waals surface area contributed by atoms with Crippen LogP contribution in [0.15, 0.2) is 28.4 Å². The smallest absolute Gasteiger partial charge is 0.180 e. The third-order valence-corrected chi connectivity index (χ3v) is 2.25. The second kappa shape index (κ2) is 5.41. The first-order valence-corrected chi connectivity index (χ1v) is 5.56. The first kappa shape index (κ1) is 11.6. The third-order valence-electron chi connectivity index (χ3n) is 1.75. The summed E-state index contributed by atoms with van der Waals surface area (Å²) in [5.41, 5.74) is 7.13. The van der Waals surface area contributed by atoms with Crippen molar-refractivity contribution in [2.75, 3.05) is 6.26 Å². The Bertz CT molecular complexity index is 402. The van der Waals surface area contributed by atoms with Gasteiger partial charge < -0.3 is 10.8 Å². The molecular weight excluding hydrogens is 210 g/mol. The molecule has 1 aromatic rings. The van der Waals surface area contributed by atoms with Crippen molar-refractivity contribution in [3.8, 4) is 5.75 Å². The highest BCUT2D eigenvalue weighted by atomic mass is 32.2. The van der Waals surface area contributed by atoms with E-state index in [0.717, 1.165) is 5.56 Å². The number of phenols is 1. The number of thioether (sulfide) groups is 1. The zero-order valence-corrected chi connectivity index (χ0v) is 9.45. The van der Waals surface area contributed by atoms with Crippen LogP contribution in [0.1, 0.15) is 11.1 Å². The standard InChI is InChI=1S/C10H13N3OS/c1-7-3-4-9(14)8(5-7)6-12-13-10(11)15-2/h3-6,14H,1-2H3,(H2,11,13)/b12-6+. The van der Waals surface area contributed by atoms with E-state index in [1.54, 1.807) is 6.07 Å². The Hall–Kier alpha value is -1.49. The van der Waals surface area contributed by atoms with Crippen LogP contribution in [-0.4, -0.2) is 22.7 Å². The maximum absolute atomic E-state index is 9.48. The Morgan fingerprint density at radius 2 is 2.27 bits per heavy atom. The van der Waals surface area contributed by atoms with Gasteiger partial charge in [0.05, 0.1) is 6.21 Å². The first-order chi connectivity index (χ1) is 7.13. The van der Waals surface area contributed by atoms with Crippen LogP contribution in [0.25, 0.3) is 0 Å². The number of aryl methyl sites for hydroxylation is 1.